The first-order chi connectivity index (χ1) is 13.3. The van der Waals surface area contributed by atoms with Gasteiger partial charge in [0.05, 0.1) is 24.7 Å². The Kier molecular flexibility index (Phi) is 5.07. The van der Waals surface area contributed by atoms with Gasteiger partial charge in [0, 0.05) is 6.54 Å². The van der Waals surface area contributed by atoms with Crippen molar-refractivity contribution in [1.29, 1.82) is 5.26 Å². The van der Waals surface area contributed by atoms with Gasteiger partial charge in [-0.3, -0.25) is 14.4 Å². The van der Waals surface area contributed by atoms with Crippen LogP contribution in [0.1, 0.15) is 31.9 Å². The van der Waals surface area contributed by atoms with Crippen LogP contribution in [-0.2, 0) is 16.2 Å². The van der Waals surface area contributed by atoms with Crippen molar-refractivity contribution in [3.8, 4) is 17.5 Å². The second-order valence-electron chi connectivity index (χ2n) is 7.30. The van der Waals surface area contributed by atoms with Gasteiger partial charge in [0.25, 0.3) is 5.56 Å². The number of H-pyrrole nitrogens is 1. The molecule has 0 bridgehead atoms. The highest BCUT2D eigenvalue weighted by Gasteiger charge is 2.25. The number of amides is 1. The van der Waals surface area contributed by atoms with E-state index < -0.39 is 5.60 Å². The zero-order valence-electron chi connectivity index (χ0n) is 16.1. The van der Waals surface area contributed by atoms with E-state index in [0.717, 1.165) is 5.56 Å². The lowest BCUT2D eigenvalue weighted by Crippen LogP contribution is -2.35. The number of hydrogen-bond donors (Lipinski definition) is 1. The van der Waals surface area contributed by atoms with Gasteiger partial charge < -0.3 is 14.0 Å². The Morgan fingerprint density at radius 1 is 1.46 bits per heavy atom. The molecular formula is C19H21N5O4. The number of rotatable bonds is 6. The predicted molar refractivity (Wildman–Crippen MR) is 101 cm³/mol. The maximum atomic E-state index is 12.5. The fraction of sp³-hybridized carbons (Fsp3) is 0.368. The van der Waals surface area contributed by atoms with Crippen LogP contribution in [0.2, 0.25) is 0 Å². The van der Waals surface area contributed by atoms with Gasteiger partial charge in [0.1, 0.15) is 28.4 Å². The van der Waals surface area contributed by atoms with Gasteiger partial charge >= 0.3 is 0 Å². The van der Waals surface area contributed by atoms with Gasteiger partial charge in [-0.1, -0.05) is 0 Å². The number of carbonyl (C=O) groups excluding carboxylic acids is 1. The van der Waals surface area contributed by atoms with Crippen LogP contribution < -0.4 is 5.56 Å². The summed E-state index contributed by atoms with van der Waals surface area (Å²) in [6, 6.07) is 3.91. The molecule has 0 aromatic carbocycles. The van der Waals surface area contributed by atoms with Crippen molar-refractivity contribution in [2.75, 3.05) is 6.54 Å². The molecule has 1 N–H and O–H groups in total. The molecule has 0 saturated heterocycles. The minimum Gasteiger partial charge on any atom is -0.462 e. The van der Waals surface area contributed by atoms with Crippen molar-refractivity contribution < 1.29 is 14.0 Å². The largest absolute Gasteiger partial charge is 0.462 e. The number of fused-ring (bicyclic) bond motifs is 1. The fourth-order valence-electron chi connectivity index (χ4n) is 3.04. The molecule has 146 valence electrons. The minimum atomic E-state index is -0.559. The first kappa shape index (κ1) is 19.4. The number of aryl methyl sites for hydroxylation is 1. The van der Waals surface area contributed by atoms with Crippen LogP contribution in [0.5, 0.6) is 0 Å². The lowest BCUT2D eigenvalue weighted by molar-refractivity contribution is -0.216. The number of aromatic nitrogens is 3. The summed E-state index contributed by atoms with van der Waals surface area (Å²) in [4.78, 5) is 36.2. The molecule has 0 atom stereocenters. The molecule has 0 aliphatic heterocycles. The van der Waals surface area contributed by atoms with Gasteiger partial charge in [-0.2, -0.15) is 5.26 Å². The van der Waals surface area contributed by atoms with Gasteiger partial charge in [0.2, 0.25) is 6.41 Å². The Balaban J connectivity index is 2.15. The lowest BCUT2D eigenvalue weighted by Gasteiger charge is -2.27. The average Bonchev–Trinajstić information content (AvgIpc) is 3.18. The SMILES string of the molecule is Cc1ccoc1-c1c(C#N)c2nc[nH]c(=O)c2n1CCN(C=O)OC(C)(C)C. The maximum absolute atomic E-state index is 12.5. The Labute approximate surface area is 161 Å². The van der Waals surface area contributed by atoms with Crippen LogP contribution in [0, 0.1) is 18.3 Å². The van der Waals surface area contributed by atoms with Gasteiger partial charge in [-0.25, -0.2) is 10.0 Å². The summed E-state index contributed by atoms with van der Waals surface area (Å²) in [5, 5.41) is 10.9. The van der Waals surface area contributed by atoms with E-state index in [9.17, 15) is 14.9 Å². The van der Waals surface area contributed by atoms with Gasteiger partial charge in [-0.05, 0) is 39.3 Å². The molecule has 3 aromatic rings. The van der Waals surface area contributed by atoms with E-state index in [0.29, 0.717) is 17.9 Å². The van der Waals surface area contributed by atoms with Crippen molar-refractivity contribution >= 4 is 17.4 Å². The van der Waals surface area contributed by atoms with Crippen LogP contribution in [0.3, 0.4) is 0 Å². The molecule has 28 heavy (non-hydrogen) atoms. The Morgan fingerprint density at radius 2 is 2.21 bits per heavy atom. The smallest absolute Gasteiger partial charge is 0.275 e. The summed E-state index contributed by atoms with van der Waals surface area (Å²) in [5.74, 6) is 0.475. The minimum absolute atomic E-state index is 0.163. The maximum Gasteiger partial charge on any atom is 0.275 e. The Hall–Kier alpha value is -3.38. The van der Waals surface area contributed by atoms with Crippen molar-refractivity contribution in [2.24, 2.45) is 0 Å². The molecule has 9 nitrogen and oxygen atoms in total. The van der Waals surface area contributed by atoms with E-state index in [1.807, 2.05) is 27.7 Å². The summed E-state index contributed by atoms with van der Waals surface area (Å²) in [7, 11) is 0. The van der Waals surface area contributed by atoms with Crippen molar-refractivity contribution in [3.05, 3.63) is 40.1 Å². The number of hydrogen-bond acceptors (Lipinski definition) is 6. The molecule has 1 amide bonds. The summed E-state index contributed by atoms with van der Waals surface area (Å²) < 4.78 is 7.24. The van der Waals surface area contributed by atoms with Gasteiger partial charge in [0.15, 0.2) is 5.76 Å². The molecule has 0 unspecified atom stereocenters. The standard InChI is InChI=1S/C19H21N5O4/c1-12-5-8-27-17(12)15-13(9-20)14-16(18(26)22-10-21-14)24(15)7-6-23(11-25)28-19(2,3)4/h5,8,10-11H,6-7H2,1-4H3,(H,21,22,26). The highest BCUT2D eigenvalue weighted by molar-refractivity contribution is 5.90. The third kappa shape index (κ3) is 3.54. The average molecular weight is 383 g/mol. The Bertz CT molecular complexity index is 1110. The number of furan rings is 1. The molecule has 0 saturated carbocycles. The molecule has 3 aromatic heterocycles. The number of carbonyl (C=O) groups is 1. The zero-order chi connectivity index (χ0) is 20.5. The summed E-state index contributed by atoms with van der Waals surface area (Å²) >= 11 is 0. The van der Waals surface area contributed by atoms with E-state index >= 15 is 0 Å². The first-order valence-corrected chi connectivity index (χ1v) is 8.72. The molecule has 9 heteroatoms. The number of aromatic amines is 1. The fourth-order valence-corrected chi connectivity index (χ4v) is 3.04. The molecular weight excluding hydrogens is 362 g/mol. The number of nitriles is 1. The van der Waals surface area contributed by atoms with Crippen LogP contribution in [0.4, 0.5) is 0 Å². The predicted octanol–water partition coefficient (Wildman–Crippen LogP) is 2.35. The van der Waals surface area contributed by atoms with E-state index in [1.54, 1.807) is 10.6 Å². The van der Waals surface area contributed by atoms with Crippen LogP contribution >= 0.6 is 0 Å². The molecule has 3 rings (SSSR count). The quantitative estimate of drug-likeness (QED) is 0.516. The zero-order valence-corrected chi connectivity index (χ0v) is 16.1. The summed E-state index contributed by atoms with van der Waals surface area (Å²) in [6.45, 7) is 7.70. The van der Waals surface area contributed by atoms with E-state index in [-0.39, 0.29) is 35.2 Å². The summed E-state index contributed by atoms with van der Waals surface area (Å²) in [5.41, 5.74) is 1.09. The molecule has 3 heterocycles. The molecule has 0 spiro atoms. The highest BCUT2D eigenvalue weighted by atomic mass is 16.7. The van der Waals surface area contributed by atoms with Crippen LogP contribution in [0.25, 0.3) is 22.5 Å². The monoisotopic (exact) mass is 383 g/mol. The first-order valence-electron chi connectivity index (χ1n) is 8.72. The van der Waals surface area contributed by atoms with Crippen molar-refractivity contribution in [3.63, 3.8) is 0 Å². The highest BCUT2D eigenvalue weighted by Crippen LogP contribution is 2.33. The van der Waals surface area contributed by atoms with E-state index in [4.69, 9.17) is 9.25 Å². The number of nitrogens with zero attached hydrogens (tertiary/aromatic N) is 4. The topological polar surface area (TPSA) is 117 Å². The second-order valence-corrected chi connectivity index (χ2v) is 7.30. The normalized spacial score (nSPS) is 11.5. The van der Waals surface area contributed by atoms with Crippen LogP contribution in [-0.4, -0.2) is 38.2 Å². The van der Waals surface area contributed by atoms with E-state index in [2.05, 4.69) is 16.0 Å². The third-order valence-electron chi connectivity index (χ3n) is 4.08. The number of nitrogens with one attached hydrogen (secondary N) is 1. The third-order valence-corrected chi connectivity index (χ3v) is 4.08. The lowest BCUT2D eigenvalue weighted by atomic mass is 10.1. The van der Waals surface area contributed by atoms with Crippen molar-refractivity contribution in [2.45, 2.75) is 39.8 Å². The van der Waals surface area contributed by atoms with Crippen molar-refractivity contribution in [1.82, 2.24) is 19.6 Å². The summed E-state index contributed by atoms with van der Waals surface area (Å²) in [6.07, 6.45) is 3.36. The second kappa shape index (κ2) is 7.32. The molecule has 0 radical (unpaired) electrons. The molecule has 0 aliphatic carbocycles. The number of hydroxylamine groups is 2. The van der Waals surface area contributed by atoms with Gasteiger partial charge in [-0.15, -0.1) is 0 Å². The van der Waals surface area contributed by atoms with Crippen LogP contribution in [0.15, 0.2) is 27.9 Å². The Morgan fingerprint density at radius 3 is 2.79 bits per heavy atom. The van der Waals surface area contributed by atoms with E-state index in [1.165, 1.54) is 17.7 Å². The molecule has 0 aliphatic rings. The molecule has 0 fully saturated rings.